The maximum Gasteiger partial charge on any atom is 0.326 e. The van der Waals surface area contributed by atoms with Gasteiger partial charge in [-0.05, 0) is 27.9 Å². The Morgan fingerprint density at radius 1 is 1.42 bits per heavy atom. The maximum absolute atomic E-state index is 12.0. The van der Waals surface area contributed by atoms with Gasteiger partial charge in [0.15, 0.2) is 0 Å². The van der Waals surface area contributed by atoms with Crippen molar-refractivity contribution in [2.75, 3.05) is 27.2 Å². The zero-order valence-electron chi connectivity index (χ0n) is 11.9. The Bertz CT molecular complexity index is 357. The van der Waals surface area contributed by atoms with Crippen molar-refractivity contribution in [3.05, 3.63) is 0 Å². The highest BCUT2D eigenvalue weighted by atomic mass is 16.4. The smallest absolute Gasteiger partial charge is 0.326 e. The van der Waals surface area contributed by atoms with E-state index in [1.54, 1.807) is 0 Å². The Morgan fingerprint density at radius 2 is 2.00 bits per heavy atom. The minimum absolute atomic E-state index is 0.0607. The van der Waals surface area contributed by atoms with Gasteiger partial charge in [-0.15, -0.1) is 0 Å². The molecule has 19 heavy (non-hydrogen) atoms. The predicted octanol–water partition coefficient (Wildman–Crippen LogP) is -0.444. The van der Waals surface area contributed by atoms with Gasteiger partial charge in [-0.2, -0.15) is 0 Å². The SMILES string of the molecule is CN(C)C(C)(C)CNC(=O)N1CC(O)CC1C(=O)O. The van der Waals surface area contributed by atoms with E-state index in [-0.39, 0.29) is 18.5 Å². The van der Waals surface area contributed by atoms with Crippen molar-refractivity contribution in [1.82, 2.24) is 15.1 Å². The van der Waals surface area contributed by atoms with Crippen LogP contribution >= 0.6 is 0 Å². The third-order valence-corrected chi connectivity index (χ3v) is 3.71. The number of likely N-dealkylation sites (N-methyl/N-ethyl adjacent to an activating group) is 1. The molecule has 0 spiro atoms. The summed E-state index contributed by atoms with van der Waals surface area (Å²) in [6.07, 6.45) is -0.687. The van der Waals surface area contributed by atoms with Gasteiger partial charge in [0.25, 0.3) is 0 Å². The average molecular weight is 273 g/mol. The molecule has 0 aromatic heterocycles. The molecule has 110 valence electrons. The van der Waals surface area contributed by atoms with Crippen LogP contribution in [-0.2, 0) is 4.79 Å². The number of urea groups is 1. The minimum Gasteiger partial charge on any atom is -0.480 e. The topological polar surface area (TPSA) is 93.1 Å². The fourth-order valence-electron chi connectivity index (χ4n) is 1.82. The van der Waals surface area contributed by atoms with Crippen LogP contribution in [0.4, 0.5) is 4.79 Å². The highest BCUT2D eigenvalue weighted by Crippen LogP contribution is 2.18. The summed E-state index contributed by atoms with van der Waals surface area (Å²) in [7, 11) is 3.82. The first-order chi connectivity index (χ1) is 8.65. The van der Waals surface area contributed by atoms with Crippen molar-refractivity contribution in [2.45, 2.75) is 38.0 Å². The molecule has 0 aromatic rings. The van der Waals surface area contributed by atoms with Crippen LogP contribution in [0.15, 0.2) is 0 Å². The summed E-state index contributed by atoms with van der Waals surface area (Å²) in [4.78, 5) is 26.2. The summed E-state index contributed by atoms with van der Waals surface area (Å²) in [6.45, 7) is 4.41. The number of carbonyl (C=O) groups excluding carboxylic acids is 1. The largest absolute Gasteiger partial charge is 0.480 e. The van der Waals surface area contributed by atoms with Crippen LogP contribution in [0.3, 0.4) is 0 Å². The van der Waals surface area contributed by atoms with Crippen LogP contribution in [0.1, 0.15) is 20.3 Å². The summed E-state index contributed by atoms with van der Waals surface area (Å²) < 4.78 is 0. The predicted molar refractivity (Wildman–Crippen MR) is 69.9 cm³/mol. The van der Waals surface area contributed by atoms with Crippen molar-refractivity contribution < 1.29 is 19.8 Å². The second kappa shape index (κ2) is 5.75. The van der Waals surface area contributed by atoms with Gasteiger partial charge in [-0.25, -0.2) is 9.59 Å². The number of amides is 2. The Morgan fingerprint density at radius 3 is 2.47 bits per heavy atom. The van der Waals surface area contributed by atoms with E-state index in [0.717, 1.165) is 0 Å². The molecule has 1 saturated heterocycles. The second-order valence-corrected chi connectivity index (χ2v) is 5.76. The lowest BCUT2D eigenvalue weighted by Crippen LogP contribution is -2.53. The molecule has 1 fully saturated rings. The van der Waals surface area contributed by atoms with Crippen molar-refractivity contribution >= 4 is 12.0 Å². The van der Waals surface area contributed by atoms with Crippen LogP contribution in [0.5, 0.6) is 0 Å². The molecular formula is C12H23N3O4. The van der Waals surface area contributed by atoms with Crippen molar-refractivity contribution in [2.24, 2.45) is 0 Å². The fourth-order valence-corrected chi connectivity index (χ4v) is 1.82. The van der Waals surface area contributed by atoms with Crippen LogP contribution in [-0.4, -0.2) is 76.9 Å². The summed E-state index contributed by atoms with van der Waals surface area (Å²) in [6, 6.07) is -1.39. The van der Waals surface area contributed by atoms with E-state index in [9.17, 15) is 14.7 Å². The Balaban J connectivity index is 2.60. The molecule has 2 amide bonds. The molecule has 1 rings (SSSR count). The normalized spacial score (nSPS) is 23.8. The molecular weight excluding hydrogens is 250 g/mol. The molecule has 7 nitrogen and oxygen atoms in total. The van der Waals surface area contributed by atoms with Crippen molar-refractivity contribution in [3.63, 3.8) is 0 Å². The third-order valence-electron chi connectivity index (χ3n) is 3.71. The molecule has 7 heteroatoms. The first-order valence-electron chi connectivity index (χ1n) is 6.28. The minimum atomic E-state index is -1.08. The first-order valence-corrected chi connectivity index (χ1v) is 6.28. The lowest BCUT2D eigenvalue weighted by molar-refractivity contribution is -0.141. The molecule has 0 saturated carbocycles. The Labute approximate surface area is 113 Å². The molecule has 1 heterocycles. The lowest BCUT2D eigenvalue weighted by Gasteiger charge is -2.33. The van der Waals surface area contributed by atoms with Gasteiger partial charge < -0.3 is 25.3 Å². The zero-order valence-corrected chi connectivity index (χ0v) is 11.9. The van der Waals surface area contributed by atoms with Crippen LogP contribution in [0.2, 0.25) is 0 Å². The van der Waals surface area contributed by atoms with Crippen LogP contribution in [0.25, 0.3) is 0 Å². The first kappa shape index (κ1) is 15.7. The van der Waals surface area contributed by atoms with Crippen molar-refractivity contribution in [3.8, 4) is 0 Å². The van der Waals surface area contributed by atoms with Crippen LogP contribution in [0, 0.1) is 0 Å². The highest BCUT2D eigenvalue weighted by molar-refractivity contribution is 5.83. The van der Waals surface area contributed by atoms with E-state index in [2.05, 4.69) is 5.32 Å². The van der Waals surface area contributed by atoms with E-state index < -0.39 is 24.1 Å². The number of aliphatic hydroxyl groups is 1. The number of aliphatic carboxylic acids is 1. The standard InChI is InChI=1S/C12H23N3O4/c1-12(2,14(3)4)7-13-11(19)15-6-8(16)5-9(15)10(17)18/h8-9,16H,5-7H2,1-4H3,(H,13,19)(H,17,18). The summed E-state index contributed by atoms with van der Waals surface area (Å²) in [5.41, 5.74) is -0.229. The number of carboxylic acid groups (broad SMARTS) is 1. The molecule has 2 atom stereocenters. The van der Waals surface area contributed by atoms with Gasteiger partial charge in [0, 0.05) is 25.0 Å². The van der Waals surface area contributed by atoms with Gasteiger partial charge in [0.05, 0.1) is 6.10 Å². The molecule has 1 aliphatic heterocycles. The Hall–Kier alpha value is -1.34. The number of nitrogens with one attached hydrogen (secondary N) is 1. The second-order valence-electron chi connectivity index (χ2n) is 5.76. The van der Waals surface area contributed by atoms with Gasteiger partial charge in [0.2, 0.25) is 0 Å². The lowest BCUT2D eigenvalue weighted by atomic mass is 10.0. The number of β-amino-alcohol motifs (C(OH)–C–C–N with tert-alkyl or cyclic N) is 1. The van der Waals surface area contributed by atoms with E-state index in [1.165, 1.54) is 4.90 Å². The average Bonchev–Trinajstić information content (AvgIpc) is 2.68. The molecule has 1 aliphatic rings. The Kier molecular flexibility index (Phi) is 4.75. The third kappa shape index (κ3) is 3.81. The molecule has 0 aliphatic carbocycles. The summed E-state index contributed by atoms with van der Waals surface area (Å²) in [5.74, 6) is -1.08. The number of hydrogen-bond donors (Lipinski definition) is 3. The van der Waals surface area contributed by atoms with E-state index in [1.807, 2.05) is 32.8 Å². The van der Waals surface area contributed by atoms with Gasteiger partial charge in [-0.3, -0.25) is 0 Å². The molecule has 0 aromatic carbocycles. The number of aliphatic hydroxyl groups excluding tert-OH is 1. The summed E-state index contributed by atoms with van der Waals surface area (Å²) >= 11 is 0. The summed E-state index contributed by atoms with van der Waals surface area (Å²) in [5, 5.41) is 21.2. The molecule has 0 bridgehead atoms. The van der Waals surface area contributed by atoms with E-state index in [0.29, 0.717) is 6.54 Å². The number of carboxylic acids is 1. The van der Waals surface area contributed by atoms with Gasteiger partial charge >= 0.3 is 12.0 Å². The number of nitrogens with zero attached hydrogens (tertiary/aromatic N) is 2. The van der Waals surface area contributed by atoms with Crippen LogP contribution < -0.4 is 5.32 Å². The van der Waals surface area contributed by atoms with E-state index >= 15 is 0 Å². The molecule has 0 radical (unpaired) electrons. The van der Waals surface area contributed by atoms with Gasteiger partial charge in [0.1, 0.15) is 6.04 Å². The van der Waals surface area contributed by atoms with Gasteiger partial charge in [-0.1, -0.05) is 0 Å². The monoisotopic (exact) mass is 273 g/mol. The number of carbonyl (C=O) groups is 2. The highest BCUT2D eigenvalue weighted by Gasteiger charge is 2.39. The zero-order chi connectivity index (χ0) is 14.8. The fraction of sp³-hybridized carbons (Fsp3) is 0.833. The van der Waals surface area contributed by atoms with Crippen molar-refractivity contribution in [1.29, 1.82) is 0 Å². The van der Waals surface area contributed by atoms with E-state index in [4.69, 9.17) is 5.11 Å². The maximum atomic E-state index is 12.0. The molecule has 3 N–H and O–H groups in total. The molecule has 2 unspecified atom stereocenters. The number of likely N-dealkylation sites (tertiary alicyclic amines) is 1. The number of hydrogen-bond acceptors (Lipinski definition) is 4. The quantitative estimate of drug-likeness (QED) is 0.645. The number of rotatable bonds is 4.